The van der Waals surface area contributed by atoms with Crippen molar-refractivity contribution in [3.05, 3.63) is 34.4 Å². The van der Waals surface area contributed by atoms with Gasteiger partial charge in [-0.25, -0.2) is 0 Å². The monoisotopic (exact) mass is 246 g/mol. The van der Waals surface area contributed by atoms with E-state index in [0.717, 1.165) is 6.42 Å². The highest BCUT2D eigenvalue weighted by atomic mass is 16.2. The maximum atomic E-state index is 9.50. The lowest BCUT2D eigenvalue weighted by Gasteiger charge is -2.21. The van der Waals surface area contributed by atoms with Crippen LogP contribution in [0.3, 0.4) is 0 Å². The van der Waals surface area contributed by atoms with Gasteiger partial charge in [0, 0.05) is 0 Å². The number of aryl methyl sites for hydroxylation is 2. The molecule has 0 saturated carbocycles. The molecule has 1 N–H and O–H groups in total. The Morgan fingerprint density at radius 1 is 1.00 bits per heavy atom. The van der Waals surface area contributed by atoms with Crippen LogP contribution in [0.15, 0.2) is 12.1 Å². The number of hydrogen-bond donors (Lipinski definition) is 1. The molecule has 1 aromatic rings. The molecular formula is C16H27BO. The van der Waals surface area contributed by atoms with Crippen LogP contribution in [0.5, 0.6) is 0 Å². The molecule has 0 aliphatic heterocycles. The molecule has 1 nitrogen and oxygen atoms in total. The van der Waals surface area contributed by atoms with Crippen LogP contribution in [-0.2, 0) is 0 Å². The predicted molar refractivity (Wildman–Crippen MR) is 81.6 cm³/mol. The second kappa shape index (κ2) is 6.99. The molecule has 0 aliphatic rings. The molecule has 18 heavy (non-hydrogen) atoms. The van der Waals surface area contributed by atoms with Gasteiger partial charge in [-0.1, -0.05) is 39.3 Å². The van der Waals surface area contributed by atoms with Crippen molar-refractivity contribution >= 4 is 7.48 Å². The van der Waals surface area contributed by atoms with Crippen LogP contribution in [0.2, 0.25) is 0 Å². The summed E-state index contributed by atoms with van der Waals surface area (Å²) in [5.74, 6) is 0.964. The second-order valence-electron chi connectivity index (χ2n) is 5.37. The minimum atomic E-state index is 0.252. The van der Waals surface area contributed by atoms with Gasteiger partial charge in [0.2, 0.25) is 0 Å². The molecule has 100 valence electrons. The average Bonchev–Trinajstić information content (AvgIpc) is 2.35. The Kier molecular flexibility index (Phi) is 5.94. The lowest BCUT2D eigenvalue weighted by Crippen LogP contribution is -2.11. The summed E-state index contributed by atoms with van der Waals surface area (Å²) in [7, 11) is 0.252. The smallest absolute Gasteiger partial charge is 0.278 e. The summed E-state index contributed by atoms with van der Waals surface area (Å²) in [6.45, 7) is 11.0. The summed E-state index contributed by atoms with van der Waals surface area (Å²) in [5, 5.41) is 9.50. The molecule has 0 amide bonds. The first-order valence-corrected chi connectivity index (χ1v) is 7.30. The molecule has 0 fully saturated rings. The van der Waals surface area contributed by atoms with Crippen LogP contribution in [0.25, 0.3) is 0 Å². The molecule has 0 bridgehead atoms. The van der Waals surface area contributed by atoms with E-state index in [1.165, 1.54) is 35.1 Å². The van der Waals surface area contributed by atoms with E-state index in [2.05, 4.69) is 46.8 Å². The molecule has 0 heterocycles. The molecule has 1 rings (SSSR count). The zero-order chi connectivity index (χ0) is 13.7. The van der Waals surface area contributed by atoms with Crippen LogP contribution in [0.4, 0.5) is 0 Å². The first-order valence-electron chi connectivity index (χ1n) is 7.30. The van der Waals surface area contributed by atoms with Crippen molar-refractivity contribution in [1.29, 1.82) is 0 Å². The van der Waals surface area contributed by atoms with Gasteiger partial charge in [-0.3, -0.25) is 0 Å². The average molecular weight is 246 g/mol. The highest BCUT2D eigenvalue weighted by Gasteiger charge is 2.17. The van der Waals surface area contributed by atoms with E-state index in [4.69, 9.17) is 0 Å². The molecule has 1 atom stereocenters. The minimum Gasteiger partial charge on any atom is -0.453 e. The fourth-order valence-electron chi connectivity index (χ4n) is 3.07. The van der Waals surface area contributed by atoms with Crippen LogP contribution in [0.1, 0.15) is 74.0 Å². The van der Waals surface area contributed by atoms with Crippen molar-refractivity contribution in [3.63, 3.8) is 0 Å². The van der Waals surface area contributed by atoms with E-state index in [-0.39, 0.29) is 7.48 Å². The van der Waals surface area contributed by atoms with Gasteiger partial charge in [0.1, 0.15) is 0 Å². The van der Waals surface area contributed by atoms with Gasteiger partial charge in [0.15, 0.2) is 0 Å². The van der Waals surface area contributed by atoms with E-state index in [9.17, 15) is 5.02 Å². The Balaban J connectivity index is 3.19. The van der Waals surface area contributed by atoms with Gasteiger partial charge in [0.05, 0.1) is 0 Å². The van der Waals surface area contributed by atoms with Crippen molar-refractivity contribution < 1.29 is 5.02 Å². The minimum absolute atomic E-state index is 0.252. The summed E-state index contributed by atoms with van der Waals surface area (Å²) in [6.07, 6.45) is 3.40. The van der Waals surface area contributed by atoms with E-state index in [0.29, 0.717) is 11.7 Å². The van der Waals surface area contributed by atoms with E-state index in [1.807, 2.05) is 0 Å². The Labute approximate surface area is 113 Å². The zero-order valence-corrected chi connectivity index (χ0v) is 12.6. The number of hydrogen-bond acceptors (Lipinski definition) is 1. The third-order valence-electron chi connectivity index (χ3n) is 4.19. The van der Waals surface area contributed by atoms with Crippen LogP contribution in [-0.4, -0.2) is 12.5 Å². The normalized spacial score (nSPS) is 12.8. The lowest BCUT2D eigenvalue weighted by molar-refractivity contribution is 0.575. The number of rotatable bonds is 6. The first-order chi connectivity index (χ1) is 8.58. The first kappa shape index (κ1) is 15.3. The maximum Gasteiger partial charge on any atom is 0.278 e. The van der Waals surface area contributed by atoms with Crippen LogP contribution < -0.4 is 0 Å². The number of benzene rings is 1. The van der Waals surface area contributed by atoms with E-state index >= 15 is 0 Å². The SMILES string of the molecule is CCC(BO)c1c(C)cc(C(CC)CC)cc1C. The third kappa shape index (κ3) is 3.17. The largest absolute Gasteiger partial charge is 0.453 e. The summed E-state index contributed by atoms with van der Waals surface area (Å²) in [4.78, 5) is 0. The van der Waals surface area contributed by atoms with Crippen molar-refractivity contribution in [2.75, 3.05) is 0 Å². The summed E-state index contributed by atoms with van der Waals surface area (Å²) in [6, 6.07) is 4.66. The topological polar surface area (TPSA) is 20.2 Å². The van der Waals surface area contributed by atoms with Crippen molar-refractivity contribution in [2.45, 2.75) is 65.6 Å². The lowest BCUT2D eigenvalue weighted by atomic mass is 9.70. The van der Waals surface area contributed by atoms with E-state index < -0.39 is 0 Å². The van der Waals surface area contributed by atoms with Gasteiger partial charge in [-0.15, -0.1) is 0 Å². The summed E-state index contributed by atoms with van der Waals surface area (Å²) >= 11 is 0. The molecular weight excluding hydrogens is 219 g/mol. The predicted octanol–water partition coefficient (Wildman–Crippen LogP) is 4.00. The molecule has 0 aromatic heterocycles. The Hall–Kier alpha value is -0.755. The Morgan fingerprint density at radius 2 is 1.50 bits per heavy atom. The van der Waals surface area contributed by atoms with Crippen molar-refractivity contribution in [3.8, 4) is 0 Å². The van der Waals surface area contributed by atoms with Crippen molar-refractivity contribution in [2.24, 2.45) is 0 Å². The summed E-state index contributed by atoms with van der Waals surface area (Å²) < 4.78 is 0. The fraction of sp³-hybridized carbons (Fsp3) is 0.625. The third-order valence-corrected chi connectivity index (χ3v) is 4.19. The zero-order valence-electron chi connectivity index (χ0n) is 12.6. The van der Waals surface area contributed by atoms with Crippen molar-refractivity contribution in [1.82, 2.24) is 0 Å². The van der Waals surface area contributed by atoms with Crippen LogP contribution in [0, 0.1) is 13.8 Å². The molecule has 2 heteroatoms. The van der Waals surface area contributed by atoms with Crippen LogP contribution >= 0.6 is 0 Å². The summed E-state index contributed by atoms with van der Waals surface area (Å²) in [5.41, 5.74) is 5.51. The van der Waals surface area contributed by atoms with Gasteiger partial charge in [-0.05, 0) is 60.7 Å². The molecule has 0 spiro atoms. The van der Waals surface area contributed by atoms with Gasteiger partial charge in [-0.2, -0.15) is 0 Å². The van der Waals surface area contributed by atoms with Gasteiger partial charge >= 0.3 is 0 Å². The quantitative estimate of drug-likeness (QED) is 0.752. The molecule has 1 unspecified atom stereocenters. The standard InChI is InChI=1S/C16H27BO/c1-6-13(7-2)14-9-11(4)16(12(5)10-14)15(8-3)17-18/h9-10,13,15,17-18H,6-8H2,1-5H3. The molecule has 0 radical (unpaired) electrons. The highest BCUT2D eigenvalue weighted by Crippen LogP contribution is 2.31. The second-order valence-corrected chi connectivity index (χ2v) is 5.37. The molecule has 0 saturated heterocycles. The Morgan fingerprint density at radius 3 is 1.83 bits per heavy atom. The van der Waals surface area contributed by atoms with E-state index in [1.54, 1.807) is 0 Å². The molecule has 1 aromatic carbocycles. The maximum absolute atomic E-state index is 9.50. The van der Waals surface area contributed by atoms with Gasteiger partial charge in [0.25, 0.3) is 7.48 Å². The highest BCUT2D eigenvalue weighted by molar-refractivity contribution is 6.28. The Bertz CT molecular complexity index is 356. The van der Waals surface area contributed by atoms with Gasteiger partial charge < -0.3 is 5.02 Å². The molecule has 0 aliphatic carbocycles. The fourth-order valence-corrected chi connectivity index (χ4v) is 3.07.